The third-order valence-corrected chi connectivity index (χ3v) is 3.54. The van der Waals surface area contributed by atoms with E-state index in [1.165, 1.54) is 16.3 Å². The standard InChI is InChI=1S/C17H17N3O/c1-11-8-13(16-6-7-19-17(18-2)20-16)9-12-4-5-14(21-3)10-15(11)12/h4-10H,1-3H3,(H,18,19,20). The summed E-state index contributed by atoms with van der Waals surface area (Å²) in [5.74, 6) is 1.50. The van der Waals surface area contributed by atoms with E-state index in [0.29, 0.717) is 5.95 Å². The van der Waals surface area contributed by atoms with Gasteiger partial charge in [0.05, 0.1) is 12.8 Å². The van der Waals surface area contributed by atoms with E-state index in [9.17, 15) is 0 Å². The topological polar surface area (TPSA) is 47.0 Å². The zero-order chi connectivity index (χ0) is 14.8. The number of rotatable bonds is 3. The summed E-state index contributed by atoms with van der Waals surface area (Å²) < 4.78 is 5.29. The molecule has 3 aromatic rings. The van der Waals surface area contributed by atoms with Gasteiger partial charge in [0.25, 0.3) is 0 Å². The van der Waals surface area contributed by atoms with Crippen molar-refractivity contribution >= 4 is 16.7 Å². The third-order valence-electron chi connectivity index (χ3n) is 3.54. The summed E-state index contributed by atoms with van der Waals surface area (Å²) in [7, 11) is 3.50. The van der Waals surface area contributed by atoms with Gasteiger partial charge in [-0.2, -0.15) is 0 Å². The van der Waals surface area contributed by atoms with Gasteiger partial charge in [-0.3, -0.25) is 0 Å². The average molecular weight is 279 g/mol. The van der Waals surface area contributed by atoms with Crippen LogP contribution in [0, 0.1) is 6.92 Å². The maximum absolute atomic E-state index is 5.29. The Morgan fingerprint density at radius 3 is 2.71 bits per heavy atom. The van der Waals surface area contributed by atoms with Crippen LogP contribution in [-0.2, 0) is 0 Å². The minimum Gasteiger partial charge on any atom is -0.497 e. The molecule has 1 heterocycles. The molecule has 1 N–H and O–H groups in total. The zero-order valence-corrected chi connectivity index (χ0v) is 12.3. The number of anilines is 1. The molecule has 3 rings (SSSR count). The minimum absolute atomic E-state index is 0.625. The maximum atomic E-state index is 5.29. The van der Waals surface area contributed by atoms with Crippen LogP contribution in [0.1, 0.15) is 5.56 Å². The van der Waals surface area contributed by atoms with Crippen LogP contribution in [0.2, 0.25) is 0 Å². The van der Waals surface area contributed by atoms with Gasteiger partial charge >= 0.3 is 0 Å². The Kier molecular flexibility index (Phi) is 3.44. The first-order valence-electron chi connectivity index (χ1n) is 6.81. The highest BCUT2D eigenvalue weighted by Gasteiger charge is 2.06. The van der Waals surface area contributed by atoms with E-state index in [-0.39, 0.29) is 0 Å². The predicted molar refractivity (Wildman–Crippen MR) is 85.8 cm³/mol. The predicted octanol–water partition coefficient (Wildman–Crippen LogP) is 3.66. The molecule has 4 nitrogen and oxygen atoms in total. The second-order valence-electron chi connectivity index (χ2n) is 4.90. The van der Waals surface area contributed by atoms with Crippen molar-refractivity contribution in [3.63, 3.8) is 0 Å². The molecule has 0 spiro atoms. The molecule has 2 aromatic carbocycles. The second-order valence-corrected chi connectivity index (χ2v) is 4.90. The molecule has 21 heavy (non-hydrogen) atoms. The van der Waals surface area contributed by atoms with Gasteiger partial charge in [-0.05, 0) is 53.6 Å². The Balaban J connectivity index is 2.16. The normalized spacial score (nSPS) is 10.6. The van der Waals surface area contributed by atoms with Crippen LogP contribution >= 0.6 is 0 Å². The first-order valence-corrected chi connectivity index (χ1v) is 6.81. The van der Waals surface area contributed by atoms with Crippen LogP contribution in [0.15, 0.2) is 42.6 Å². The zero-order valence-electron chi connectivity index (χ0n) is 12.3. The van der Waals surface area contributed by atoms with Gasteiger partial charge in [-0.15, -0.1) is 0 Å². The molecule has 0 bridgehead atoms. The van der Waals surface area contributed by atoms with Crippen molar-refractivity contribution < 1.29 is 4.74 Å². The lowest BCUT2D eigenvalue weighted by Crippen LogP contribution is -1.97. The largest absolute Gasteiger partial charge is 0.497 e. The number of fused-ring (bicyclic) bond motifs is 1. The number of hydrogen-bond acceptors (Lipinski definition) is 4. The fourth-order valence-electron chi connectivity index (χ4n) is 2.44. The number of ether oxygens (including phenoxy) is 1. The van der Waals surface area contributed by atoms with E-state index >= 15 is 0 Å². The molecular weight excluding hydrogens is 262 g/mol. The summed E-state index contributed by atoms with van der Waals surface area (Å²) in [6.07, 6.45) is 1.77. The fraction of sp³-hybridized carbons (Fsp3) is 0.176. The van der Waals surface area contributed by atoms with Crippen molar-refractivity contribution in [1.82, 2.24) is 9.97 Å². The second kappa shape index (κ2) is 5.40. The molecule has 0 amide bonds. The quantitative estimate of drug-likeness (QED) is 0.795. The van der Waals surface area contributed by atoms with Gasteiger partial charge < -0.3 is 10.1 Å². The molecule has 106 valence electrons. The molecule has 0 fully saturated rings. The lowest BCUT2D eigenvalue weighted by atomic mass is 10.00. The molecule has 0 unspecified atom stereocenters. The molecule has 0 aliphatic rings. The lowest BCUT2D eigenvalue weighted by Gasteiger charge is -2.09. The Bertz CT molecular complexity index is 799. The van der Waals surface area contributed by atoms with E-state index < -0.39 is 0 Å². The molecule has 0 atom stereocenters. The van der Waals surface area contributed by atoms with E-state index in [2.05, 4.69) is 46.5 Å². The Labute approximate surface area is 123 Å². The van der Waals surface area contributed by atoms with E-state index in [1.807, 2.05) is 19.2 Å². The van der Waals surface area contributed by atoms with Crippen molar-refractivity contribution in [2.45, 2.75) is 6.92 Å². The van der Waals surface area contributed by atoms with Crippen molar-refractivity contribution in [2.75, 3.05) is 19.5 Å². The summed E-state index contributed by atoms with van der Waals surface area (Å²) in [5.41, 5.74) is 3.20. The van der Waals surface area contributed by atoms with E-state index in [4.69, 9.17) is 4.74 Å². The fourth-order valence-corrected chi connectivity index (χ4v) is 2.44. The van der Waals surface area contributed by atoms with Crippen LogP contribution in [0.3, 0.4) is 0 Å². The van der Waals surface area contributed by atoms with Crippen molar-refractivity contribution in [2.24, 2.45) is 0 Å². The number of hydrogen-bond donors (Lipinski definition) is 1. The third kappa shape index (κ3) is 2.52. The number of aromatic nitrogens is 2. The summed E-state index contributed by atoms with van der Waals surface area (Å²) in [6.45, 7) is 2.10. The van der Waals surface area contributed by atoms with Gasteiger partial charge in [0, 0.05) is 18.8 Å². The molecule has 0 radical (unpaired) electrons. The van der Waals surface area contributed by atoms with Crippen LogP contribution in [0.4, 0.5) is 5.95 Å². The van der Waals surface area contributed by atoms with Gasteiger partial charge in [0.1, 0.15) is 5.75 Å². The maximum Gasteiger partial charge on any atom is 0.222 e. The van der Waals surface area contributed by atoms with Gasteiger partial charge in [-0.25, -0.2) is 9.97 Å². The summed E-state index contributed by atoms with van der Waals surface area (Å²) >= 11 is 0. The smallest absolute Gasteiger partial charge is 0.222 e. The highest BCUT2D eigenvalue weighted by atomic mass is 16.5. The first-order chi connectivity index (χ1) is 10.2. The van der Waals surface area contributed by atoms with Crippen molar-refractivity contribution in [3.05, 3.63) is 48.2 Å². The lowest BCUT2D eigenvalue weighted by molar-refractivity contribution is 0.415. The van der Waals surface area contributed by atoms with Crippen LogP contribution in [-0.4, -0.2) is 24.1 Å². The van der Waals surface area contributed by atoms with Crippen LogP contribution in [0.25, 0.3) is 22.0 Å². The van der Waals surface area contributed by atoms with Gasteiger partial charge in [0.2, 0.25) is 5.95 Å². The highest BCUT2D eigenvalue weighted by Crippen LogP contribution is 2.29. The number of benzene rings is 2. The summed E-state index contributed by atoms with van der Waals surface area (Å²) in [4.78, 5) is 8.65. The molecule has 0 saturated heterocycles. The molecular formula is C17H17N3O. The monoisotopic (exact) mass is 279 g/mol. The van der Waals surface area contributed by atoms with Crippen LogP contribution in [0.5, 0.6) is 5.75 Å². The van der Waals surface area contributed by atoms with Crippen molar-refractivity contribution in [3.8, 4) is 17.0 Å². The SMILES string of the molecule is CNc1nccc(-c2cc(C)c3cc(OC)ccc3c2)n1. The number of methoxy groups -OCH3 is 1. The molecule has 0 saturated carbocycles. The summed E-state index contributed by atoms with van der Waals surface area (Å²) in [6, 6.07) is 12.3. The Morgan fingerprint density at radius 1 is 1.10 bits per heavy atom. The minimum atomic E-state index is 0.625. The molecule has 0 aliphatic carbocycles. The number of nitrogens with one attached hydrogen (secondary N) is 1. The first kappa shape index (κ1) is 13.4. The van der Waals surface area contributed by atoms with E-state index in [1.54, 1.807) is 13.3 Å². The van der Waals surface area contributed by atoms with Gasteiger partial charge in [0.15, 0.2) is 0 Å². The molecule has 1 aromatic heterocycles. The Morgan fingerprint density at radius 2 is 1.95 bits per heavy atom. The van der Waals surface area contributed by atoms with Gasteiger partial charge in [-0.1, -0.05) is 6.07 Å². The number of aryl methyl sites for hydroxylation is 1. The Hall–Kier alpha value is -2.62. The van der Waals surface area contributed by atoms with E-state index in [0.717, 1.165) is 17.0 Å². The average Bonchev–Trinajstić information content (AvgIpc) is 2.54. The molecule has 0 aliphatic heterocycles. The highest BCUT2D eigenvalue weighted by molar-refractivity contribution is 5.90. The molecule has 4 heteroatoms. The number of nitrogens with zero attached hydrogens (tertiary/aromatic N) is 2. The van der Waals surface area contributed by atoms with Crippen LogP contribution < -0.4 is 10.1 Å². The van der Waals surface area contributed by atoms with Crippen molar-refractivity contribution in [1.29, 1.82) is 0 Å². The summed E-state index contributed by atoms with van der Waals surface area (Å²) in [5, 5.41) is 5.34.